The zero-order chi connectivity index (χ0) is 15.1. The van der Waals surface area contributed by atoms with Gasteiger partial charge >= 0.3 is 6.03 Å². The Morgan fingerprint density at radius 1 is 1.38 bits per heavy atom. The minimum atomic E-state index is -0.297. The Morgan fingerprint density at radius 2 is 2.19 bits per heavy atom. The van der Waals surface area contributed by atoms with Gasteiger partial charge in [-0.3, -0.25) is 4.79 Å². The summed E-state index contributed by atoms with van der Waals surface area (Å²) in [7, 11) is 0. The van der Waals surface area contributed by atoms with Crippen LogP contribution in [0.2, 0.25) is 0 Å². The standard InChI is InChI=1S/C15H21N3O3/c1-2-21-11-9-16-15(20)17-12-6-3-4-7-13(12)18-10-5-8-14(18)19/h3-4,6-7H,2,5,8-11H2,1H3,(H2,16,17,20). The average Bonchev–Trinajstić information content (AvgIpc) is 2.90. The molecule has 1 aromatic carbocycles. The highest BCUT2D eigenvalue weighted by Crippen LogP contribution is 2.29. The second-order valence-corrected chi connectivity index (χ2v) is 4.74. The third-order valence-corrected chi connectivity index (χ3v) is 3.25. The molecule has 1 heterocycles. The van der Waals surface area contributed by atoms with Gasteiger partial charge < -0.3 is 20.3 Å². The Labute approximate surface area is 124 Å². The summed E-state index contributed by atoms with van der Waals surface area (Å²) in [6.07, 6.45) is 1.42. The maximum atomic E-state index is 11.8. The summed E-state index contributed by atoms with van der Waals surface area (Å²) in [5, 5.41) is 5.50. The van der Waals surface area contributed by atoms with Gasteiger partial charge in [-0.15, -0.1) is 0 Å². The van der Waals surface area contributed by atoms with Crippen LogP contribution in [0.3, 0.4) is 0 Å². The van der Waals surface area contributed by atoms with Gasteiger partial charge in [0.2, 0.25) is 5.91 Å². The van der Waals surface area contributed by atoms with Crippen LogP contribution in [0.4, 0.5) is 16.2 Å². The van der Waals surface area contributed by atoms with E-state index in [9.17, 15) is 9.59 Å². The molecule has 6 heteroatoms. The van der Waals surface area contributed by atoms with Crippen LogP contribution < -0.4 is 15.5 Å². The normalized spacial score (nSPS) is 14.3. The van der Waals surface area contributed by atoms with Gasteiger partial charge in [0.25, 0.3) is 0 Å². The van der Waals surface area contributed by atoms with Crippen molar-refractivity contribution in [1.82, 2.24) is 5.32 Å². The molecule has 2 rings (SSSR count). The van der Waals surface area contributed by atoms with Gasteiger partial charge in [0.1, 0.15) is 0 Å². The van der Waals surface area contributed by atoms with E-state index in [-0.39, 0.29) is 11.9 Å². The van der Waals surface area contributed by atoms with Crippen LogP contribution in [0.25, 0.3) is 0 Å². The first-order valence-electron chi connectivity index (χ1n) is 7.24. The van der Waals surface area contributed by atoms with Crippen molar-refractivity contribution in [2.24, 2.45) is 0 Å². The minimum absolute atomic E-state index is 0.0982. The lowest BCUT2D eigenvalue weighted by atomic mass is 10.2. The number of urea groups is 1. The van der Waals surface area contributed by atoms with Crippen molar-refractivity contribution in [3.63, 3.8) is 0 Å². The van der Waals surface area contributed by atoms with Crippen molar-refractivity contribution in [1.29, 1.82) is 0 Å². The molecule has 6 nitrogen and oxygen atoms in total. The quantitative estimate of drug-likeness (QED) is 0.787. The molecule has 114 valence electrons. The van der Waals surface area contributed by atoms with Crippen LogP contribution in [-0.2, 0) is 9.53 Å². The summed E-state index contributed by atoms with van der Waals surface area (Å²) in [5.74, 6) is 0.0982. The van der Waals surface area contributed by atoms with E-state index in [1.807, 2.05) is 25.1 Å². The summed E-state index contributed by atoms with van der Waals surface area (Å²) in [5.41, 5.74) is 1.39. The zero-order valence-electron chi connectivity index (χ0n) is 12.2. The molecule has 21 heavy (non-hydrogen) atoms. The molecule has 1 aliphatic rings. The number of amides is 3. The van der Waals surface area contributed by atoms with E-state index in [1.165, 1.54) is 0 Å². The largest absolute Gasteiger partial charge is 0.380 e. The van der Waals surface area contributed by atoms with Crippen molar-refractivity contribution < 1.29 is 14.3 Å². The van der Waals surface area contributed by atoms with Crippen molar-refractivity contribution >= 4 is 23.3 Å². The van der Waals surface area contributed by atoms with E-state index < -0.39 is 0 Å². The van der Waals surface area contributed by atoms with Gasteiger partial charge in [0.05, 0.1) is 18.0 Å². The molecule has 1 fully saturated rings. The Kier molecular flexibility index (Phi) is 5.57. The summed E-state index contributed by atoms with van der Waals surface area (Å²) in [4.78, 5) is 25.4. The molecular weight excluding hydrogens is 270 g/mol. The molecule has 0 aromatic heterocycles. The third-order valence-electron chi connectivity index (χ3n) is 3.25. The lowest BCUT2D eigenvalue weighted by Gasteiger charge is -2.20. The smallest absolute Gasteiger partial charge is 0.319 e. The van der Waals surface area contributed by atoms with Gasteiger partial charge in [-0.1, -0.05) is 12.1 Å². The van der Waals surface area contributed by atoms with E-state index in [4.69, 9.17) is 4.74 Å². The number of hydrogen-bond donors (Lipinski definition) is 2. The SMILES string of the molecule is CCOCCNC(=O)Nc1ccccc1N1CCCC1=O. The van der Waals surface area contributed by atoms with Crippen LogP contribution in [0, 0.1) is 0 Å². The van der Waals surface area contributed by atoms with Crippen molar-refractivity contribution in [3.8, 4) is 0 Å². The van der Waals surface area contributed by atoms with E-state index in [0.29, 0.717) is 38.4 Å². The molecule has 1 aliphatic heterocycles. The molecule has 0 spiro atoms. The van der Waals surface area contributed by atoms with Gasteiger partial charge in [0, 0.05) is 26.1 Å². The number of rotatable bonds is 6. The lowest BCUT2D eigenvalue weighted by molar-refractivity contribution is -0.117. The van der Waals surface area contributed by atoms with Crippen molar-refractivity contribution in [3.05, 3.63) is 24.3 Å². The number of ether oxygens (including phenoxy) is 1. The first-order valence-corrected chi connectivity index (χ1v) is 7.24. The highest BCUT2D eigenvalue weighted by atomic mass is 16.5. The van der Waals surface area contributed by atoms with Crippen molar-refractivity contribution in [2.45, 2.75) is 19.8 Å². The van der Waals surface area contributed by atoms with E-state index >= 15 is 0 Å². The molecule has 0 aliphatic carbocycles. The Balaban J connectivity index is 1.96. The number of carbonyl (C=O) groups excluding carboxylic acids is 2. The number of hydrogen-bond acceptors (Lipinski definition) is 3. The molecule has 0 bridgehead atoms. The minimum Gasteiger partial charge on any atom is -0.380 e. The monoisotopic (exact) mass is 291 g/mol. The number of para-hydroxylation sites is 2. The molecule has 0 radical (unpaired) electrons. The zero-order valence-corrected chi connectivity index (χ0v) is 12.2. The lowest BCUT2D eigenvalue weighted by Crippen LogP contribution is -2.32. The fourth-order valence-corrected chi connectivity index (χ4v) is 2.27. The number of nitrogens with one attached hydrogen (secondary N) is 2. The van der Waals surface area contributed by atoms with Crippen LogP contribution >= 0.6 is 0 Å². The average molecular weight is 291 g/mol. The number of benzene rings is 1. The maximum absolute atomic E-state index is 11.8. The van der Waals surface area contributed by atoms with Crippen LogP contribution in [0.5, 0.6) is 0 Å². The highest BCUT2D eigenvalue weighted by molar-refractivity contribution is 6.01. The van der Waals surface area contributed by atoms with E-state index in [1.54, 1.807) is 11.0 Å². The summed E-state index contributed by atoms with van der Waals surface area (Å²) < 4.78 is 5.16. The number of carbonyl (C=O) groups is 2. The molecule has 1 saturated heterocycles. The first kappa shape index (κ1) is 15.3. The van der Waals surface area contributed by atoms with Crippen LogP contribution in [-0.4, -0.2) is 38.2 Å². The molecule has 0 saturated carbocycles. The molecule has 1 aromatic rings. The molecule has 0 atom stereocenters. The fourth-order valence-electron chi connectivity index (χ4n) is 2.27. The maximum Gasteiger partial charge on any atom is 0.319 e. The van der Waals surface area contributed by atoms with Crippen molar-refractivity contribution in [2.75, 3.05) is 36.5 Å². The van der Waals surface area contributed by atoms with Gasteiger partial charge in [0.15, 0.2) is 0 Å². The van der Waals surface area contributed by atoms with Gasteiger partial charge in [-0.25, -0.2) is 4.79 Å². The fraction of sp³-hybridized carbons (Fsp3) is 0.467. The number of anilines is 2. The van der Waals surface area contributed by atoms with E-state index in [0.717, 1.165) is 12.1 Å². The predicted octanol–water partition coefficient (Wildman–Crippen LogP) is 1.97. The van der Waals surface area contributed by atoms with E-state index in [2.05, 4.69) is 10.6 Å². The van der Waals surface area contributed by atoms with Crippen LogP contribution in [0.1, 0.15) is 19.8 Å². The van der Waals surface area contributed by atoms with Crippen LogP contribution in [0.15, 0.2) is 24.3 Å². The van der Waals surface area contributed by atoms with Gasteiger partial charge in [-0.05, 0) is 25.5 Å². The first-order chi connectivity index (χ1) is 10.2. The Bertz CT molecular complexity index is 505. The number of nitrogens with zero attached hydrogens (tertiary/aromatic N) is 1. The molecule has 2 N–H and O–H groups in total. The molecule has 0 unspecified atom stereocenters. The Morgan fingerprint density at radius 3 is 2.90 bits per heavy atom. The Hall–Kier alpha value is -2.08. The van der Waals surface area contributed by atoms with Gasteiger partial charge in [-0.2, -0.15) is 0 Å². The molecule has 3 amide bonds. The summed E-state index contributed by atoms with van der Waals surface area (Å²) in [6, 6.07) is 7.04. The third kappa shape index (κ3) is 4.19. The highest BCUT2D eigenvalue weighted by Gasteiger charge is 2.23. The topological polar surface area (TPSA) is 70.7 Å². The second-order valence-electron chi connectivity index (χ2n) is 4.74. The second kappa shape index (κ2) is 7.64. The summed E-state index contributed by atoms with van der Waals surface area (Å²) >= 11 is 0. The molecular formula is C15H21N3O3. The predicted molar refractivity (Wildman–Crippen MR) is 81.5 cm³/mol. The summed E-state index contributed by atoms with van der Waals surface area (Å²) in [6.45, 7) is 4.16.